The summed E-state index contributed by atoms with van der Waals surface area (Å²) in [7, 11) is -1.83. The lowest BCUT2D eigenvalue weighted by molar-refractivity contribution is 0.0193. The minimum atomic E-state index is -3.53. The normalized spacial score (nSPS) is 20.4. The predicted molar refractivity (Wildman–Crippen MR) is 81.8 cm³/mol. The van der Waals surface area contributed by atoms with Crippen LogP contribution in [-0.2, 0) is 14.8 Å². The number of aromatic nitrogens is 1. The molecule has 0 saturated carbocycles. The number of piperidine rings is 1. The highest BCUT2D eigenvalue weighted by molar-refractivity contribution is 7.89. The summed E-state index contributed by atoms with van der Waals surface area (Å²) in [5.41, 5.74) is 0.571. The van der Waals surface area contributed by atoms with Gasteiger partial charge in [-0.15, -0.1) is 0 Å². The number of nitrogens with one attached hydrogen (secondary N) is 1. The highest BCUT2D eigenvalue weighted by atomic mass is 32.2. The lowest BCUT2D eigenvalue weighted by Gasteiger charge is -2.32. The van der Waals surface area contributed by atoms with Crippen LogP contribution in [0.5, 0.6) is 0 Å². The first-order valence-corrected chi connectivity index (χ1v) is 8.77. The summed E-state index contributed by atoms with van der Waals surface area (Å²) in [6.45, 7) is 3.67. The highest BCUT2D eigenvalue weighted by Gasteiger charge is 2.32. The monoisotopic (exact) mass is 313 g/mol. The fourth-order valence-electron chi connectivity index (χ4n) is 2.48. The molecular formula is C14H23N3O3S. The largest absolute Gasteiger partial charge is 0.387 e. The Labute approximate surface area is 126 Å². The van der Waals surface area contributed by atoms with Crippen molar-refractivity contribution in [2.45, 2.75) is 37.2 Å². The smallest absolute Gasteiger partial charge is 0.246 e. The van der Waals surface area contributed by atoms with Crippen LogP contribution < -0.4 is 5.32 Å². The van der Waals surface area contributed by atoms with Crippen molar-refractivity contribution in [1.82, 2.24) is 9.29 Å². The molecule has 1 N–H and O–H groups in total. The maximum absolute atomic E-state index is 12.8. The molecule has 7 heteroatoms. The first-order valence-electron chi connectivity index (χ1n) is 7.33. The Morgan fingerprint density at radius 2 is 2.33 bits per heavy atom. The van der Waals surface area contributed by atoms with Gasteiger partial charge >= 0.3 is 0 Å². The van der Waals surface area contributed by atoms with Gasteiger partial charge in [0.1, 0.15) is 4.90 Å². The third-order valence-electron chi connectivity index (χ3n) is 3.57. The van der Waals surface area contributed by atoms with Gasteiger partial charge in [0.25, 0.3) is 0 Å². The molecule has 1 atom stereocenters. The number of hydrogen-bond donors (Lipinski definition) is 1. The second-order valence-electron chi connectivity index (χ2n) is 5.12. The lowest BCUT2D eigenvalue weighted by Crippen LogP contribution is -2.43. The van der Waals surface area contributed by atoms with Crippen molar-refractivity contribution in [3.8, 4) is 0 Å². The van der Waals surface area contributed by atoms with Gasteiger partial charge in [0.2, 0.25) is 10.0 Å². The molecule has 0 radical (unpaired) electrons. The summed E-state index contributed by atoms with van der Waals surface area (Å²) < 4.78 is 32.8. The van der Waals surface area contributed by atoms with Gasteiger partial charge in [-0.25, -0.2) is 8.42 Å². The maximum Gasteiger partial charge on any atom is 0.246 e. The first-order chi connectivity index (χ1) is 10.1. The van der Waals surface area contributed by atoms with E-state index in [0.29, 0.717) is 25.4 Å². The van der Waals surface area contributed by atoms with Crippen molar-refractivity contribution in [3.05, 3.63) is 18.5 Å². The topological polar surface area (TPSA) is 71.5 Å². The summed E-state index contributed by atoms with van der Waals surface area (Å²) in [6.07, 6.45) is 5.64. The van der Waals surface area contributed by atoms with Crippen LogP contribution in [0.4, 0.5) is 5.69 Å². The van der Waals surface area contributed by atoms with Crippen LogP contribution >= 0.6 is 0 Å². The average Bonchev–Trinajstić information content (AvgIpc) is 2.53. The fourth-order valence-corrected chi connectivity index (χ4v) is 4.13. The zero-order valence-corrected chi connectivity index (χ0v) is 13.4. The maximum atomic E-state index is 12.8. The molecule has 0 aliphatic carbocycles. The molecule has 1 aromatic heterocycles. The summed E-state index contributed by atoms with van der Waals surface area (Å²) in [6, 6.07) is 1.67. The van der Waals surface area contributed by atoms with E-state index >= 15 is 0 Å². The Hall–Kier alpha value is -1.18. The minimum absolute atomic E-state index is 0.0109. The molecule has 118 valence electrons. The number of ether oxygens (including phenoxy) is 1. The fraction of sp³-hybridized carbons (Fsp3) is 0.643. The summed E-state index contributed by atoms with van der Waals surface area (Å²) in [4.78, 5) is 4.17. The number of hydrogen-bond acceptors (Lipinski definition) is 5. The molecule has 0 amide bonds. The van der Waals surface area contributed by atoms with Crippen molar-refractivity contribution in [2.24, 2.45) is 0 Å². The van der Waals surface area contributed by atoms with Crippen molar-refractivity contribution < 1.29 is 13.2 Å². The van der Waals surface area contributed by atoms with Crippen LogP contribution in [0.1, 0.15) is 26.2 Å². The van der Waals surface area contributed by atoms with E-state index < -0.39 is 10.0 Å². The van der Waals surface area contributed by atoms with E-state index in [1.807, 2.05) is 6.92 Å². The third-order valence-corrected chi connectivity index (χ3v) is 5.46. The third kappa shape index (κ3) is 3.72. The summed E-state index contributed by atoms with van der Waals surface area (Å²) in [5.74, 6) is 0. The standard InChI is InChI=1S/C14H23N3O3S/c1-3-9-20-12-5-4-8-17(11-12)21(18,19)14-10-16-7-6-13(14)15-2/h6-7,10,12H,3-5,8-9,11H2,1-2H3,(H,15,16). The van der Waals surface area contributed by atoms with Crippen molar-refractivity contribution >= 4 is 15.7 Å². The highest BCUT2D eigenvalue weighted by Crippen LogP contribution is 2.26. The molecule has 2 heterocycles. The van der Waals surface area contributed by atoms with Crippen LogP contribution in [-0.4, -0.2) is 50.6 Å². The van der Waals surface area contributed by atoms with Crippen molar-refractivity contribution in [3.63, 3.8) is 0 Å². The Morgan fingerprint density at radius 1 is 1.52 bits per heavy atom. The van der Waals surface area contributed by atoms with Gasteiger partial charge in [0.05, 0.1) is 11.8 Å². The van der Waals surface area contributed by atoms with E-state index in [2.05, 4.69) is 10.3 Å². The Bertz CT molecular complexity index is 562. The molecule has 1 aliphatic rings. The van der Waals surface area contributed by atoms with Crippen molar-refractivity contribution in [2.75, 3.05) is 32.1 Å². The van der Waals surface area contributed by atoms with Gasteiger partial charge in [-0.2, -0.15) is 4.31 Å². The minimum Gasteiger partial charge on any atom is -0.387 e. The zero-order valence-electron chi connectivity index (χ0n) is 12.6. The molecule has 1 aromatic rings. The number of nitrogens with zero attached hydrogens (tertiary/aromatic N) is 2. The number of anilines is 1. The van der Waals surface area contributed by atoms with E-state index in [1.165, 1.54) is 10.5 Å². The summed E-state index contributed by atoms with van der Waals surface area (Å²) in [5, 5.41) is 2.91. The van der Waals surface area contributed by atoms with Gasteiger partial charge < -0.3 is 10.1 Å². The van der Waals surface area contributed by atoms with E-state index in [-0.39, 0.29) is 11.0 Å². The van der Waals surface area contributed by atoms with Crippen LogP contribution in [0.25, 0.3) is 0 Å². The van der Waals surface area contributed by atoms with Crippen LogP contribution in [0.2, 0.25) is 0 Å². The Morgan fingerprint density at radius 3 is 3.05 bits per heavy atom. The second kappa shape index (κ2) is 7.20. The summed E-state index contributed by atoms with van der Waals surface area (Å²) >= 11 is 0. The molecule has 0 spiro atoms. The molecule has 6 nitrogen and oxygen atoms in total. The molecule has 1 fully saturated rings. The van der Waals surface area contributed by atoms with Gasteiger partial charge in [-0.1, -0.05) is 6.92 Å². The second-order valence-corrected chi connectivity index (χ2v) is 7.03. The molecule has 0 aromatic carbocycles. The SMILES string of the molecule is CCCOC1CCCN(S(=O)(=O)c2cnccc2NC)C1. The predicted octanol–water partition coefficient (Wildman–Crippen LogP) is 1.70. The Balaban J connectivity index is 2.18. The quantitative estimate of drug-likeness (QED) is 0.865. The Kier molecular flexibility index (Phi) is 5.55. The molecular weight excluding hydrogens is 290 g/mol. The van der Waals surface area contributed by atoms with E-state index in [4.69, 9.17) is 4.74 Å². The van der Waals surface area contributed by atoms with Gasteiger partial charge in [-0.05, 0) is 25.3 Å². The molecule has 0 bridgehead atoms. The van der Waals surface area contributed by atoms with Crippen LogP contribution in [0, 0.1) is 0 Å². The molecule has 1 saturated heterocycles. The zero-order chi connectivity index (χ0) is 15.3. The first kappa shape index (κ1) is 16.2. The van der Waals surface area contributed by atoms with Gasteiger partial charge in [0.15, 0.2) is 0 Å². The van der Waals surface area contributed by atoms with Crippen LogP contribution in [0.3, 0.4) is 0 Å². The number of pyridine rings is 1. The van der Waals surface area contributed by atoms with Crippen molar-refractivity contribution in [1.29, 1.82) is 0 Å². The lowest BCUT2D eigenvalue weighted by atomic mass is 10.1. The molecule has 21 heavy (non-hydrogen) atoms. The van der Waals surface area contributed by atoms with E-state index in [0.717, 1.165) is 19.3 Å². The molecule has 2 rings (SSSR count). The van der Waals surface area contributed by atoms with E-state index in [1.54, 1.807) is 19.3 Å². The van der Waals surface area contributed by atoms with Crippen LogP contribution in [0.15, 0.2) is 23.4 Å². The molecule has 1 unspecified atom stereocenters. The average molecular weight is 313 g/mol. The van der Waals surface area contributed by atoms with E-state index in [9.17, 15) is 8.42 Å². The van der Waals surface area contributed by atoms with Gasteiger partial charge in [0, 0.05) is 39.1 Å². The van der Waals surface area contributed by atoms with Gasteiger partial charge in [-0.3, -0.25) is 4.98 Å². The number of sulfonamides is 1. The number of rotatable bonds is 6. The molecule has 1 aliphatic heterocycles.